The van der Waals surface area contributed by atoms with E-state index in [1.807, 2.05) is 14.0 Å². The van der Waals surface area contributed by atoms with Crippen molar-refractivity contribution in [3.63, 3.8) is 0 Å². The van der Waals surface area contributed by atoms with Crippen LogP contribution in [0.2, 0.25) is 0 Å². The number of hydrogen-bond donors (Lipinski definition) is 2. The third-order valence-corrected chi connectivity index (χ3v) is 2.26. The van der Waals surface area contributed by atoms with E-state index in [1.165, 1.54) is 0 Å². The Morgan fingerprint density at radius 3 is 2.44 bits per heavy atom. The highest BCUT2D eigenvalue weighted by Gasteiger charge is 2.10. The Balaban J connectivity index is 3.66. The van der Waals surface area contributed by atoms with E-state index >= 15 is 0 Å². The van der Waals surface area contributed by atoms with Crippen LogP contribution < -0.4 is 10.6 Å². The molecule has 0 bridgehead atoms. The van der Waals surface area contributed by atoms with Crippen LogP contribution in [-0.4, -0.2) is 50.4 Å². The molecule has 5 heteroatoms. The molecule has 5 nitrogen and oxygen atoms in total. The summed E-state index contributed by atoms with van der Waals surface area (Å²) in [5.74, 6) is -0.0286. The Labute approximate surface area is 97.6 Å². The van der Waals surface area contributed by atoms with E-state index in [-0.39, 0.29) is 24.7 Å². The van der Waals surface area contributed by atoms with E-state index in [1.54, 1.807) is 11.9 Å². The van der Waals surface area contributed by atoms with Gasteiger partial charge < -0.3 is 15.5 Å². The van der Waals surface area contributed by atoms with Crippen molar-refractivity contribution < 1.29 is 9.59 Å². The van der Waals surface area contributed by atoms with Crippen LogP contribution in [0.3, 0.4) is 0 Å². The normalized spacial score (nSPS) is 9.94. The summed E-state index contributed by atoms with van der Waals surface area (Å²) in [4.78, 5) is 24.4. The zero-order valence-electron chi connectivity index (χ0n) is 10.5. The second kappa shape index (κ2) is 9.15. The standard InChI is InChI=1S/C11H23N3O2/c1-4-7-13-10(15)5-6-11(16)14(3)9-8-12-2/h12H,4-9H2,1-3H3,(H,13,15). The Morgan fingerprint density at radius 2 is 1.88 bits per heavy atom. The molecule has 0 rings (SSSR count). The first-order chi connectivity index (χ1) is 7.61. The van der Waals surface area contributed by atoms with Crippen LogP contribution >= 0.6 is 0 Å². The average Bonchev–Trinajstić information content (AvgIpc) is 2.30. The number of nitrogens with one attached hydrogen (secondary N) is 2. The molecule has 0 aromatic heterocycles. The lowest BCUT2D eigenvalue weighted by Crippen LogP contribution is -2.33. The molecule has 0 fully saturated rings. The third kappa shape index (κ3) is 7.23. The molecule has 16 heavy (non-hydrogen) atoms. The fourth-order valence-electron chi connectivity index (χ4n) is 1.17. The maximum Gasteiger partial charge on any atom is 0.222 e. The predicted octanol–water partition coefficient (Wildman–Crippen LogP) is -0.0294. The quantitative estimate of drug-likeness (QED) is 0.614. The monoisotopic (exact) mass is 229 g/mol. The van der Waals surface area contributed by atoms with E-state index in [2.05, 4.69) is 10.6 Å². The smallest absolute Gasteiger partial charge is 0.222 e. The first-order valence-electron chi connectivity index (χ1n) is 5.77. The fraction of sp³-hybridized carbons (Fsp3) is 0.818. The van der Waals surface area contributed by atoms with Gasteiger partial charge >= 0.3 is 0 Å². The van der Waals surface area contributed by atoms with E-state index in [0.29, 0.717) is 13.1 Å². The van der Waals surface area contributed by atoms with Gasteiger partial charge in [0.15, 0.2) is 0 Å². The molecule has 0 unspecified atom stereocenters. The van der Waals surface area contributed by atoms with Gasteiger partial charge in [0.1, 0.15) is 0 Å². The number of nitrogens with zero attached hydrogens (tertiary/aromatic N) is 1. The highest BCUT2D eigenvalue weighted by atomic mass is 16.2. The van der Waals surface area contributed by atoms with Crippen molar-refractivity contribution in [2.45, 2.75) is 26.2 Å². The second-order valence-electron chi connectivity index (χ2n) is 3.77. The molecule has 0 radical (unpaired) electrons. The average molecular weight is 229 g/mol. The number of carbonyl (C=O) groups is 2. The van der Waals surface area contributed by atoms with Gasteiger partial charge in [0.05, 0.1) is 0 Å². The minimum absolute atomic E-state index is 0.0156. The Morgan fingerprint density at radius 1 is 1.19 bits per heavy atom. The first kappa shape index (κ1) is 14.9. The molecule has 0 saturated heterocycles. The van der Waals surface area contributed by atoms with Gasteiger partial charge in [-0.25, -0.2) is 0 Å². The number of amides is 2. The Kier molecular flexibility index (Phi) is 8.52. The third-order valence-electron chi connectivity index (χ3n) is 2.26. The van der Waals surface area contributed by atoms with Crippen LogP contribution in [0, 0.1) is 0 Å². The van der Waals surface area contributed by atoms with Crippen molar-refractivity contribution in [1.82, 2.24) is 15.5 Å². The lowest BCUT2D eigenvalue weighted by Gasteiger charge is -2.16. The molecule has 0 saturated carbocycles. The van der Waals surface area contributed by atoms with Crippen LogP contribution in [0.15, 0.2) is 0 Å². The molecule has 0 aliphatic carbocycles. The molecule has 0 aromatic rings. The summed E-state index contributed by atoms with van der Waals surface area (Å²) in [5.41, 5.74) is 0. The lowest BCUT2D eigenvalue weighted by atomic mass is 10.2. The minimum atomic E-state index is -0.0442. The number of hydrogen-bond acceptors (Lipinski definition) is 3. The maximum atomic E-state index is 11.5. The topological polar surface area (TPSA) is 61.4 Å². The Bertz CT molecular complexity index is 219. The summed E-state index contributed by atoms with van der Waals surface area (Å²) in [7, 11) is 3.60. The summed E-state index contributed by atoms with van der Waals surface area (Å²) in [6, 6.07) is 0. The zero-order valence-corrected chi connectivity index (χ0v) is 10.5. The molecular formula is C11H23N3O2. The summed E-state index contributed by atoms with van der Waals surface area (Å²) < 4.78 is 0. The number of carbonyl (C=O) groups excluding carboxylic acids is 2. The van der Waals surface area contributed by atoms with Gasteiger partial charge in [-0.3, -0.25) is 9.59 Å². The molecule has 0 aromatic carbocycles. The molecule has 2 amide bonds. The molecule has 0 atom stereocenters. The van der Waals surface area contributed by atoms with E-state index in [0.717, 1.165) is 13.0 Å². The first-order valence-corrected chi connectivity index (χ1v) is 5.77. The van der Waals surface area contributed by atoms with Gasteiger partial charge in [-0.2, -0.15) is 0 Å². The summed E-state index contributed by atoms with van der Waals surface area (Å²) in [5, 5.41) is 5.72. The van der Waals surface area contributed by atoms with Crippen LogP contribution in [0.5, 0.6) is 0 Å². The van der Waals surface area contributed by atoms with Crippen molar-refractivity contribution in [1.29, 1.82) is 0 Å². The van der Waals surface area contributed by atoms with E-state index in [9.17, 15) is 9.59 Å². The van der Waals surface area contributed by atoms with E-state index < -0.39 is 0 Å². The zero-order chi connectivity index (χ0) is 12.4. The van der Waals surface area contributed by atoms with Gasteiger partial charge in [0.25, 0.3) is 0 Å². The van der Waals surface area contributed by atoms with Crippen molar-refractivity contribution >= 4 is 11.8 Å². The van der Waals surface area contributed by atoms with Crippen molar-refractivity contribution in [2.75, 3.05) is 33.7 Å². The summed E-state index contributed by atoms with van der Waals surface area (Å²) >= 11 is 0. The van der Waals surface area contributed by atoms with Crippen molar-refractivity contribution in [2.24, 2.45) is 0 Å². The maximum absolute atomic E-state index is 11.5. The SMILES string of the molecule is CCCNC(=O)CCC(=O)N(C)CCNC. The molecule has 0 aliphatic heterocycles. The predicted molar refractivity (Wildman–Crippen MR) is 64.1 cm³/mol. The molecule has 0 heterocycles. The van der Waals surface area contributed by atoms with Gasteiger partial charge in [0, 0.05) is 39.5 Å². The van der Waals surface area contributed by atoms with Crippen LogP contribution in [0.25, 0.3) is 0 Å². The molecule has 2 N–H and O–H groups in total. The highest BCUT2D eigenvalue weighted by molar-refractivity contribution is 5.83. The van der Waals surface area contributed by atoms with Gasteiger partial charge in [-0.1, -0.05) is 6.92 Å². The fourth-order valence-corrected chi connectivity index (χ4v) is 1.17. The molecule has 0 spiro atoms. The van der Waals surface area contributed by atoms with Gasteiger partial charge in [-0.15, -0.1) is 0 Å². The highest BCUT2D eigenvalue weighted by Crippen LogP contribution is 1.95. The number of likely N-dealkylation sites (N-methyl/N-ethyl adjacent to an activating group) is 2. The summed E-state index contributed by atoms with van der Waals surface area (Å²) in [6.07, 6.45) is 1.49. The van der Waals surface area contributed by atoms with Crippen LogP contribution in [-0.2, 0) is 9.59 Å². The Hall–Kier alpha value is -1.10. The van der Waals surface area contributed by atoms with E-state index in [4.69, 9.17) is 0 Å². The number of rotatable bonds is 8. The minimum Gasteiger partial charge on any atom is -0.356 e. The summed E-state index contributed by atoms with van der Waals surface area (Å²) in [6.45, 7) is 4.12. The molecular weight excluding hydrogens is 206 g/mol. The van der Waals surface area contributed by atoms with Gasteiger partial charge in [0.2, 0.25) is 11.8 Å². The second-order valence-corrected chi connectivity index (χ2v) is 3.77. The van der Waals surface area contributed by atoms with Crippen LogP contribution in [0.1, 0.15) is 26.2 Å². The van der Waals surface area contributed by atoms with Gasteiger partial charge in [-0.05, 0) is 13.5 Å². The van der Waals surface area contributed by atoms with Crippen molar-refractivity contribution in [3.8, 4) is 0 Å². The molecule has 94 valence electrons. The molecule has 0 aliphatic rings. The largest absolute Gasteiger partial charge is 0.356 e. The lowest BCUT2D eigenvalue weighted by molar-refractivity contribution is -0.132. The van der Waals surface area contributed by atoms with Crippen molar-refractivity contribution in [3.05, 3.63) is 0 Å². The van der Waals surface area contributed by atoms with Crippen LogP contribution in [0.4, 0.5) is 0 Å².